The molecule has 1 saturated heterocycles. The highest BCUT2D eigenvalue weighted by Crippen LogP contribution is 2.32. The summed E-state index contributed by atoms with van der Waals surface area (Å²) in [6.07, 6.45) is 2.46. The van der Waals surface area contributed by atoms with Gasteiger partial charge in [0.25, 0.3) is 0 Å². The van der Waals surface area contributed by atoms with Crippen molar-refractivity contribution in [2.45, 2.75) is 25.0 Å². The van der Waals surface area contributed by atoms with E-state index in [4.69, 9.17) is 16.6 Å². The van der Waals surface area contributed by atoms with E-state index < -0.39 is 0 Å². The monoisotopic (exact) mass is 319 g/mol. The fraction of sp³-hybridized carbons (Fsp3) is 0.400. The molecule has 0 radical (unpaired) electrons. The molecule has 4 nitrogen and oxygen atoms in total. The lowest BCUT2D eigenvalue weighted by Crippen LogP contribution is -2.23. The van der Waals surface area contributed by atoms with Crippen LogP contribution in [-0.2, 0) is 0 Å². The standard InChI is InChI=1S/C15H17N3OS2/c1-11(21-15(20)18-9-5-6-10-18)13-16-17-14(19-13)12-7-3-2-4-8-12/h2-4,7-8,11H,5-6,9-10H2,1H3. The second-order valence-corrected chi connectivity index (χ2v) is 7.01. The molecule has 110 valence electrons. The highest BCUT2D eigenvalue weighted by atomic mass is 32.2. The molecule has 0 saturated carbocycles. The molecule has 0 spiro atoms. The van der Waals surface area contributed by atoms with Crippen molar-refractivity contribution < 1.29 is 4.42 Å². The Kier molecular flexibility index (Phi) is 4.55. The summed E-state index contributed by atoms with van der Waals surface area (Å²) >= 11 is 7.11. The van der Waals surface area contributed by atoms with Gasteiger partial charge in [-0.1, -0.05) is 42.2 Å². The fourth-order valence-corrected chi connectivity index (χ4v) is 3.72. The number of hydrogen-bond donors (Lipinski definition) is 0. The van der Waals surface area contributed by atoms with Crippen molar-refractivity contribution in [3.63, 3.8) is 0 Å². The predicted octanol–water partition coefficient (Wildman–Crippen LogP) is 3.91. The van der Waals surface area contributed by atoms with Crippen molar-refractivity contribution in [3.8, 4) is 11.5 Å². The van der Waals surface area contributed by atoms with Crippen LogP contribution >= 0.6 is 24.0 Å². The molecule has 0 amide bonds. The highest BCUT2D eigenvalue weighted by Gasteiger charge is 2.21. The molecule has 1 fully saturated rings. The maximum absolute atomic E-state index is 5.77. The Balaban J connectivity index is 1.66. The molecule has 21 heavy (non-hydrogen) atoms. The van der Waals surface area contributed by atoms with Crippen molar-refractivity contribution in [2.75, 3.05) is 13.1 Å². The zero-order valence-electron chi connectivity index (χ0n) is 11.9. The summed E-state index contributed by atoms with van der Waals surface area (Å²) in [6, 6.07) is 9.81. The van der Waals surface area contributed by atoms with Gasteiger partial charge < -0.3 is 9.32 Å². The second kappa shape index (κ2) is 6.58. The molecule has 0 aliphatic carbocycles. The minimum Gasteiger partial charge on any atom is -0.419 e. The van der Waals surface area contributed by atoms with Gasteiger partial charge in [0.15, 0.2) is 0 Å². The predicted molar refractivity (Wildman–Crippen MR) is 89.1 cm³/mol. The van der Waals surface area contributed by atoms with Crippen LogP contribution in [0.2, 0.25) is 0 Å². The smallest absolute Gasteiger partial charge is 0.247 e. The van der Waals surface area contributed by atoms with E-state index in [0.29, 0.717) is 11.8 Å². The van der Waals surface area contributed by atoms with Crippen molar-refractivity contribution >= 4 is 28.3 Å². The molecule has 2 heterocycles. The first-order valence-electron chi connectivity index (χ1n) is 7.08. The average molecular weight is 319 g/mol. The van der Waals surface area contributed by atoms with E-state index in [1.165, 1.54) is 12.8 Å². The van der Waals surface area contributed by atoms with Gasteiger partial charge in [-0.15, -0.1) is 10.2 Å². The zero-order valence-corrected chi connectivity index (χ0v) is 13.5. The summed E-state index contributed by atoms with van der Waals surface area (Å²) in [6.45, 7) is 4.19. The summed E-state index contributed by atoms with van der Waals surface area (Å²) in [5, 5.41) is 8.35. The van der Waals surface area contributed by atoms with Gasteiger partial charge in [0, 0.05) is 18.7 Å². The van der Waals surface area contributed by atoms with E-state index in [1.54, 1.807) is 11.8 Å². The van der Waals surface area contributed by atoms with Gasteiger partial charge >= 0.3 is 0 Å². The first-order chi connectivity index (χ1) is 10.2. The first kappa shape index (κ1) is 14.5. The molecular weight excluding hydrogens is 302 g/mol. The van der Waals surface area contributed by atoms with Crippen LogP contribution in [0.5, 0.6) is 0 Å². The Morgan fingerprint density at radius 2 is 1.95 bits per heavy atom. The quantitative estimate of drug-likeness (QED) is 0.799. The van der Waals surface area contributed by atoms with Crippen molar-refractivity contribution in [1.29, 1.82) is 0 Å². The Morgan fingerprint density at radius 1 is 1.24 bits per heavy atom. The summed E-state index contributed by atoms with van der Waals surface area (Å²) in [5.41, 5.74) is 0.940. The number of thiocarbonyl (C=S) groups is 1. The van der Waals surface area contributed by atoms with Gasteiger partial charge in [0.05, 0.1) is 5.25 Å². The third-order valence-corrected chi connectivity index (χ3v) is 5.01. The summed E-state index contributed by atoms with van der Waals surface area (Å²) in [5.74, 6) is 1.19. The first-order valence-corrected chi connectivity index (χ1v) is 8.37. The van der Waals surface area contributed by atoms with Crippen LogP contribution in [-0.4, -0.2) is 32.5 Å². The van der Waals surface area contributed by atoms with Crippen LogP contribution in [0, 0.1) is 0 Å². The van der Waals surface area contributed by atoms with Crippen molar-refractivity contribution in [3.05, 3.63) is 36.2 Å². The van der Waals surface area contributed by atoms with Crippen molar-refractivity contribution in [1.82, 2.24) is 15.1 Å². The Morgan fingerprint density at radius 3 is 2.67 bits per heavy atom. The highest BCUT2D eigenvalue weighted by molar-refractivity contribution is 8.23. The lowest BCUT2D eigenvalue weighted by Gasteiger charge is -2.19. The molecule has 1 unspecified atom stereocenters. The lowest BCUT2D eigenvalue weighted by molar-refractivity contribution is 0.508. The minimum absolute atomic E-state index is 0.0723. The van der Waals surface area contributed by atoms with E-state index >= 15 is 0 Å². The van der Waals surface area contributed by atoms with Crippen LogP contribution in [0.15, 0.2) is 34.7 Å². The lowest BCUT2D eigenvalue weighted by atomic mass is 10.2. The van der Waals surface area contributed by atoms with Gasteiger partial charge in [0.2, 0.25) is 11.8 Å². The molecule has 1 aliphatic rings. The average Bonchev–Trinajstić information content (AvgIpc) is 3.20. The zero-order chi connectivity index (χ0) is 14.7. The van der Waals surface area contributed by atoms with Crippen molar-refractivity contribution in [2.24, 2.45) is 0 Å². The number of likely N-dealkylation sites (tertiary alicyclic amines) is 1. The molecule has 6 heteroatoms. The largest absolute Gasteiger partial charge is 0.419 e. The summed E-state index contributed by atoms with van der Waals surface area (Å²) < 4.78 is 6.70. The third kappa shape index (κ3) is 3.44. The molecule has 1 aromatic heterocycles. The Bertz CT molecular complexity index is 608. The maximum Gasteiger partial charge on any atom is 0.247 e. The molecule has 0 N–H and O–H groups in total. The summed E-state index contributed by atoms with van der Waals surface area (Å²) in [4.78, 5) is 2.25. The van der Waals surface area contributed by atoms with Gasteiger partial charge in [0.1, 0.15) is 4.32 Å². The SMILES string of the molecule is CC(SC(=S)N1CCCC1)c1nnc(-c2ccccc2)o1. The maximum atomic E-state index is 5.77. The fourth-order valence-electron chi connectivity index (χ4n) is 2.27. The van der Waals surface area contributed by atoms with E-state index in [-0.39, 0.29) is 5.25 Å². The van der Waals surface area contributed by atoms with Crippen LogP contribution in [0.3, 0.4) is 0 Å². The number of thioether (sulfide) groups is 1. The van der Waals surface area contributed by atoms with Gasteiger partial charge in [-0.25, -0.2) is 0 Å². The van der Waals surface area contributed by atoms with E-state index in [0.717, 1.165) is 23.0 Å². The number of rotatable bonds is 3. The van der Waals surface area contributed by atoms with Crippen LogP contribution in [0.1, 0.15) is 30.9 Å². The topological polar surface area (TPSA) is 42.2 Å². The number of benzene rings is 1. The van der Waals surface area contributed by atoms with E-state index in [1.807, 2.05) is 30.3 Å². The van der Waals surface area contributed by atoms with Crippen LogP contribution in [0.25, 0.3) is 11.5 Å². The minimum atomic E-state index is 0.0723. The number of hydrogen-bond acceptors (Lipinski definition) is 5. The van der Waals surface area contributed by atoms with E-state index in [2.05, 4.69) is 22.0 Å². The Hall–Kier alpha value is -1.40. The van der Waals surface area contributed by atoms with Crippen LogP contribution < -0.4 is 0 Å². The number of aromatic nitrogens is 2. The van der Waals surface area contributed by atoms with Gasteiger partial charge in [-0.2, -0.15) is 0 Å². The molecule has 0 bridgehead atoms. The molecule has 1 aliphatic heterocycles. The summed E-state index contributed by atoms with van der Waals surface area (Å²) in [7, 11) is 0. The second-order valence-electron chi connectivity index (χ2n) is 5.03. The van der Waals surface area contributed by atoms with Crippen LogP contribution in [0.4, 0.5) is 0 Å². The molecule has 3 rings (SSSR count). The molecule has 1 aromatic carbocycles. The molecule has 2 aromatic rings. The van der Waals surface area contributed by atoms with Gasteiger partial charge in [-0.3, -0.25) is 0 Å². The Labute approximate surface area is 133 Å². The third-order valence-electron chi connectivity index (χ3n) is 3.45. The normalized spacial score (nSPS) is 16.1. The molecular formula is C15H17N3OS2. The van der Waals surface area contributed by atoms with Gasteiger partial charge in [-0.05, 0) is 31.9 Å². The van der Waals surface area contributed by atoms with E-state index in [9.17, 15) is 0 Å². The molecule has 1 atom stereocenters. The number of nitrogens with zero attached hydrogens (tertiary/aromatic N) is 3.